The van der Waals surface area contributed by atoms with Crippen molar-refractivity contribution in [1.82, 2.24) is 5.32 Å². The number of alkyl halides is 3. The molecular formula is C33H26ClF4N3O4. The number of hydrogen-bond acceptors (Lipinski definition) is 4. The van der Waals surface area contributed by atoms with Crippen molar-refractivity contribution in [2.24, 2.45) is 10.7 Å². The predicted octanol–water partition coefficient (Wildman–Crippen LogP) is 7.00. The number of nitrogens with two attached hydrogens (primary N) is 1. The number of carbonyl (C=O) groups is 3. The van der Waals surface area contributed by atoms with E-state index in [9.17, 15) is 31.9 Å². The Morgan fingerprint density at radius 1 is 0.867 bits per heavy atom. The Balaban J connectivity index is 1.64. The molecule has 0 aromatic heterocycles. The molecule has 4 aromatic rings. The molecule has 7 nitrogen and oxygen atoms in total. The zero-order valence-electron chi connectivity index (χ0n) is 23.9. The van der Waals surface area contributed by atoms with Gasteiger partial charge in [-0.15, -0.1) is 0 Å². The number of nitrogens with one attached hydrogen (secondary N) is 1. The fourth-order valence-electron chi connectivity index (χ4n) is 4.41. The molecule has 4 rings (SSSR count). The van der Waals surface area contributed by atoms with Crippen molar-refractivity contribution in [2.45, 2.75) is 32.5 Å². The van der Waals surface area contributed by atoms with Gasteiger partial charge in [0.2, 0.25) is 0 Å². The molecule has 4 aromatic carbocycles. The fraction of sp³-hybridized carbons (Fsp3) is 0.152. The maximum absolute atomic E-state index is 13.6. The highest BCUT2D eigenvalue weighted by molar-refractivity contribution is 6.31. The number of rotatable bonds is 8. The molecule has 45 heavy (non-hydrogen) atoms. The second-order valence-electron chi connectivity index (χ2n) is 10.0. The smallest absolute Gasteiger partial charge is 0.416 e. The van der Waals surface area contributed by atoms with Crippen molar-refractivity contribution >= 4 is 35.2 Å². The highest BCUT2D eigenvalue weighted by Crippen LogP contribution is 2.33. The van der Waals surface area contributed by atoms with Crippen molar-refractivity contribution < 1.29 is 36.7 Å². The first-order valence-electron chi connectivity index (χ1n) is 13.4. The highest BCUT2D eigenvalue weighted by Gasteiger charge is 2.30. The molecule has 0 unspecified atom stereocenters. The largest absolute Gasteiger partial charge is 0.426 e. The zero-order valence-corrected chi connectivity index (χ0v) is 24.7. The van der Waals surface area contributed by atoms with E-state index in [1.54, 1.807) is 30.3 Å². The van der Waals surface area contributed by atoms with E-state index in [4.69, 9.17) is 22.1 Å². The Kier molecular flexibility index (Phi) is 10.0. The van der Waals surface area contributed by atoms with Gasteiger partial charge in [-0.05, 0) is 71.1 Å². The van der Waals surface area contributed by atoms with Crippen LogP contribution in [0.4, 0.5) is 17.6 Å². The number of hydrogen-bond donors (Lipinski definition) is 2. The van der Waals surface area contributed by atoms with Crippen LogP contribution in [0.15, 0.2) is 89.9 Å². The third-order valence-corrected chi connectivity index (χ3v) is 6.85. The summed E-state index contributed by atoms with van der Waals surface area (Å²) in [6.07, 6.45) is -4.53. The third-order valence-electron chi connectivity index (χ3n) is 6.56. The van der Waals surface area contributed by atoms with Crippen LogP contribution >= 0.6 is 11.6 Å². The molecule has 0 saturated heterocycles. The Labute approximate surface area is 260 Å². The summed E-state index contributed by atoms with van der Waals surface area (Å²) in [6.45, 7) is 2.55. The number of halogens is 5. The number of nitrogens with zero attached hydrogens (tertiary/aromatic N) is 1. The minimum atomic E-state index is -4.52. The van der Waals surface area contributed by atoms with Crippen LogP contribution in [0.25, 0.3) is 22.3 Å². The molecule has 3 N–H and O–H groups in total. The first-order valence-corrected chi connectivity index (χ1v) is 13.8. The van der Waals surface area contributed by atoms with Gasteiger partial charge in [-0.1, -0.05) is 60.1 Å². The average molecular weight is 640 g/mol. The van der Waals surface area contributed by atoms with Crippen LogP contribution in [0.2, 0.25) is 5.02 Å². The summed E-state index contributed by atoms with van der Waals surface area (Å²) in [4.78, 5) is 42.2. The predicted molar refractivity (Wildman–Crippen MR) is 162 cm³/mol. The van der Waals surface area contributed by atoms with Crippen LogP contribution in [0.5, 0.6) is 5.75 Å². The summed E-state index contributed by atoms with van der Waals surface area (Å²) in [6, 6.07) is 18.5. The number of esters is 1. The molecular weight excluding hydrogens is 614 g/mol. The van der Waals surface area contributed by atoms with Gasteiger partial charge in [0.05, 0.1) is 22.0 Å². The highest BCUT2D eigenvalue weighted by atomic mass is 35.5. The fourth-order valence-corrected chi connectivity index (χ4v) is 4.60. The van der Waals surface area contributed by atoms with Gasteiger partial charge in [0, 0.05) is 13.3 Å². The third kappa shape index (κ3) is 8.54. The summed E-state index contributed by atoms with van der Waals surface area (Å²) in [7, 11) is 0. The molecule has 0 aliphatic carbocycles. The summed E-state index contributed by atoms with van der Waals surface area (Å²) in [5.41, 5.74) is 7.40. The van der Waals surface area contributed by atoms with Crippen molar-refractivity contribution in [2.75, 3.05) is 0 Å². The Hall–Kier alpha value is -5.03. The second kappa shape index (κ2) is 13.7. The molecule has 232 valence electrons. The summed E-state index contributed by atoms with van der Waals surface area (Å²) in [5.74, 6) is -2.97. The van der Waals surface area contributed by atoms with Gasteiger partial charge in [-0.3, -0.25) is 14.4 Å². The molecule has 0 fully saturated rings. The van der Waals surface area contributed by atoms with E-state index < -0.39 is 41.4 Å². The molecule has 0 saturated carbocycles. The number of carbonyl (C=O) groups excluding carboxylic acids is 3. The monoisotopic (exact) mass is 639 g/mol. The number of benzene rings is 4. The number of ether oxygens (including phenoxy) is 1. The lowest BCUT2D eigenvalue weighted by Gasteiger charge is -2.18. The minimum absolute atomic E-state index is 0.00665. The molecule has 0 aliphatic heterocycles. The van der Waals surface area contributed by atoms with Crippen molar-refractivity contribution in [1.29, 1.82) is 0 Å². The normalized spacial score (nSPS) is 12.4. The maximum atomic E-state index is 13.6. The summed E-state index contributed by atoms with van der Waals surface area (Å²) in [5, 5.41) is 2.59. The lowest BCUT2D eigenvalue weighted by atomic mass is 9.99. The van der Waals surface area contributed by atoms with Gasteiger partial charge in [0.25, 0.3) is 11.8 Å². The van der Waals surface area contributed by atoms with E-state index >= 15 is 0 Å². The van der Waals surface area contributed by atoms with E-state index in [0.717, 1.165) is 24.6 Å². The molecule has 2 amide bonds. The Bertz CT molecular complexity index is 1770. The topological polar surface area (TPSA) is 111 Å². The standard InChI is InChI=1S/C33H26ClF4N3O4/c1-18(39)40-32(44)29(15-20-3-5-21(6-4-20)24-9-13-28(35)27(34)17-24)41-31(43)26-16-23(10-14-30(26)45-19(2)42)22-7-11-25(12-8-22)33(36,37)38/h3-14,16-17,29H,15H2,1-2H3,(H,41,43)(H2,39,40,44)/t29-/m1/s1. The minimum Gasteiger partial charge on any atom is -0.426 e. The number of amidine groups is 1. The van der Waals surface area contributed by atoms with E-state index in [0.29, 0.717) is 22.3 Å². The van der Waals surface area contributed by atoms with Crippen LogP contribution in [-0.4, -0.2) is 29.7 Å². The molecule has 0 aliphatic rings. The van der Waals surface area contributed by atoms with Crippen LogP contribution in [0.3, 0.4) is 0 Å². The first-order chi connectivity index (χ1) is 21.2. The zero-order chi connectivity index (χ0) is 32.9. The number of aliphatic imine (C=N–C) groups is 1. The lowest BCUT2D eigenvalue weighted by molar-refractivity contribution is -0.137. The Morgan fingerprint density at radius 3 is 1.98 bits per heavy atom. The van der Waals surface area contributed by atoms with Gasteiger partial charge >= 0.3 is 12.1 Å². The van der Waals surface area contributed by atoms with Crippen LogP contribution in [0.1, 0.15) is 35.3 Å². The van der Waals surface area contributed by atoms with E-state index in [-0.39, 0.29) is 28.6 Å². The van der Waals surface area contributed by atoms with Crippen LogP contribution in [0, 0.1) is 5.82 Å². The van der Waals surface area contributed by atoms with Gasteiger partial charge in [0.1, 0.15) is 17.6 Å². The molecule has 0 heterocycles. The molecule has 12 heteroatoms. The summed E-state index contributed by atoms with van der Waals surface area (Å²) >= 11 is 5.90. The maximum Gasteiger partial charge on any atom is 0.416 e. The molecule has 0 bridgehead atoms. The van der Waals surface area contributed by atoms with Crippen molar-refractivity contribution in [3.8, 4) is 28.0 Å². The quantitative estimate of drug-likeness (QED) is 0.0709. The lowest BCUT2D eigenvalue weighted by Crippen LogP contribution is -2.42. The average Bonchev–Trinajstić information content (AvgIpc) is 2.98. The molecule has 1 atom stereocenters. The van der Waals surface area contributed by atoms with Crippen LogP contribution < -0.4 is 15.8 Å². The number of amides is 2. The van der Waals surface area contributed by atoms with Crippen molar-refractivity contribution in [3.63, 3.8) is 0 Å². The Morgan fingerprint density at radius 2 is 1.42 bits per heavy atom. The van der Waals surface area contributed by atoms with E-state index in [2.05, 4.69) is 10.3 Å². The molecule has 0 radical (unpaired) electrons. The van der Waals surface area contributed by atoms with Crippen molar-refractivity contribution in [3.05, 3.63) is 112 Å². The summed E-state index contributed by atoms with van der Waals surface area (Å²) < 4.78 is 57.9. The van der Waals surface area contributed by atoms with Gasteiger partial charge in [-0.2, -0.15) is 18.2 Å². The van der Waals surface area contributed by atoms with E-state index in [1.165, 1.54) is 49.4 Å². The van der Waals surface area contributed by atoms with Gasteiger partial charge in [-0.25, -0.2) is 4.39 Å². The first kappa shape index (κ1) is 32.9. The SMILES string of the molecule is CC(=O)Oc1ccc(-c2ccc(C(F)(F)F)cc2)cc1C(=O)N[C@H](Cc1ccc(-c2ccc(F)c(Cl)c2)cc1)C(=O)N=C(C)N. The van der Waals surface area contributed by atoms with E-state index in [1.807, 2.05) is 0 Å². The van der Waals surface area contributed by atoms with Crippen LogP contribution in [-0.2, 0) is 22.2 Å². The second-order valence-corrected chi connectivity index (χ2v) is 10.4. The molecule has 0 spiro atoms. The van der Waals surface area contributed by atoms with Gasteiger partial charge in [0.15, 0.2) is 0 Å². The van der Waals surface area contributed by atoms with Gasteiger partial charge < -0.3 is 15.8 Å².